The number of hydrogen-bond acceptors (Lipinski definition) is 7. The number of halogens is 4. The van der Waals surface area contributed by atoms with E-state index < -0.39 is 23.4 Å². The molecule has 0 aliphatic heterocycles. The van der Waals surface area contributed by atoms with Crippen LogP contribution in [0.3, 0.4) is 0 Å². The van der Waals surface area contributed by atoms with Crippen LogP contribution in [-0.2, 0) is 22.7 Å². The smallest absolute Gasteiger partial charge is 0.296 e. The molecule has 0 saturated heterocycles. The molecule has 3 aromatic heterocycles. The van der Waals surface area contributed by atoms with Crippen molar-refractivity contribution in [2.24, 2.45) is 0 Å². The molecule has 15 heteroatoms. The Morgan fingerprint density at radius 1 is 0.562 bits per heavy atom. The molecule has 0 fully saturated rings. The minimum absolute atomic E-state index is 0.315. The van der Waals surface area contributed by atoms with Gasteiger partial charge in [0.15, 0.2) is 0 Å². The highest BCUT2D eigenvalue weighted by Gasteiger charge is 2.28. The van der Waals surface area contributed by atoms with E-state index in [1.807, 2.05) is 77.6 Å². The van der Waals surface area contributed by atoms with E-state index in [0.717, 1.165) is 22.2 Å². The minimum Gasteiger partial charge on any atom is -0.497 e. The maximum atomic E-state index is 13.3. The Bertz CT molecular complexity index is 3080. The molecule has 64 heavy (non-hydrogen) atoms. The number of carbonyl (C=O) groups excluding carboxylic acids is 4. The summed E-state index contributed by atoms with van der Waals surface area (Å²) >= 11 is 24.4. The van der Waals surface area contributed by atoms with Gasteiger partial charge in [-0.25, -0.2) is 0 Å². The van der Waals surface area contributed by atoms with Crippen LogP contribution in [0, 0.1) is 13.8 Å². The third-order valence-corrected chi connectivity index (χ3v) is 11.6. The highest BCUT2D eigenvalue weighted by atomic mass is 35.5. The second-order valence-corrected chi connectivity index (χ2v) is 16.3. The number of anilines is 2. The average molecular weight is 936 g/mol. The van der Waals surface area contributed by atoms with Crippen molar-refractivity contribution < 1.29 is 28.7 Å². The average Bonchev–Trinajstić information content (AvgIpc) is 3.72. The first kappa shape index (κ1) is 45.4. The van der Waals surface area contributed by atoms with Gasteiger partial charge >= 0.3 is 0 Å². The molecule has 5 aromatic carbocycles. The number of rotatable bonds is 12. The molecule has 3 heterocycles. The molecule has 2 N–H and O–H groups in total. The molecule has 8 aromatic rings. The van der Waals surface area contributed by atoms with Crippen LogP contribution in [-0.4, -0.2) is 51.7 Å². The van der Waals surface area contributed by atoms with Crippen molar-refractivity contribution in [3.05, 3.63) is 181 Å². The SMILES string of the molecule is COc1ccc2c(c1)c(C(=O)C(=O)Nc1cccc(Cl)c1)c(C)n2Cc1ccc(Cl)cc1.COc1ccc2c(c1)c(C(=O)C(=O)Nc1ccncc1)c(C)n2Cc1ccc(Cl)cc1Cl. The van der Waals surface area contributed by atoms with Gasteiger partial charge in [0, 0.05) is 90.1 Å². The maximum Gasteiger partial charge on any atom is 0.296 e. The van der Waals surface area contributed by atoms with Crippen LogP contribution in [0.25, 0.3) is 21.8 Å². The quantitative estimate of drug-likeness (QED) is 0.0920. The van der Waals surface area contributed by atoms with E-state index in [4.69, 9.17) is 55.9 Å². The third-order valence-electron chi connectivity index (χ3n) is 10.5. The van der Waals surface area contributed by atoms with E-state index >= 15 is 0 Å². The number of aromatic nitrogens is 3. The van der Waals surface area contributed by atoms with Crippen molar-refractivity contribution >= 4 is 103 Å². The molecule has 0 spiro atoms. The first-order chi connectivity index (χ1) is 30.8. The summed E-state index contributed by atoms with van der Waals surface area (Å²) < 4.78 is 14.7. The van der Waals surface area contributed by atoms with E-state index in [1.165, 1.54) is 12.4 Å². The molecule has 0 aliphatic rings. The third kappa shape index (κ3) is 9.93. The van der Waals surface area contributed by atoms with E-state index in [2.05, 4.69) is 15.6 Å². The van der Waals surface area contributed by atoms with Crippen LogP contribution in [0.2, 0.25) is 20.1 Å². The number of nitrogens with zero attached hydrogens (tertiary/aromatic N) is 3. The largest absolute Gasteiger partial charge is 0.497 e. The van der Waals surface area contributed by atoms with Gasteiger partial charge in [-0.05, 0) is 116 Å². The Hall–Kier alpha value is -6.63. The van der Waals surface area contributed by atoms with Crippen LogP contribution in [0.1, 0.15) is 43.2 Å². The standard InChI is InChI=1S/C25H20Cl2N2O3.C24H19Cl2N3O3/c1-15-23(24(30)25(31)28-19-5-3-4-18(27)12-19)21-13-20(32-2)10-11-22(21)29(15)14-16-6-8-17(26)9-7-16;1-14-22(23(30)24(31)28-17-7-9-27-10-8-17)19-12-18(32-2)5-6-21(19)29(14)13-15-3-4-16(25)11-20(15)26/h3-13H,14H2,1-2H3,(H,28,31);3-12H,13H2,1-2H3,(H,27,28,31). The molecule has 324 valence electrons. The van der Waals surface area contributed by atoms with Crippen LogP contribution in [0.4, 0.5) is 11.4 Å². The van der Waals surface area contributed by atoms with Crippen LogP contribution in [0.15, 0.2) is 128 Å². The molecule has 0 bridgehead atoms. The van der Waals surface area contributed by atoms with Gasteiger partial charge in [-0.1, -0.05) is 70.7 Å². The minimum atomic E-state index is -0.733. The fourth-order valence-corrected chi connectivity index (χ4v) is 8.14. The fourth-order valence-electron chi connectivity index (χ4n) is 7.35. The number of fused-ring (bicyclic) bond motifs is 2. The number of carbonyl (C=O) groups is 4. The zero-order valence-corrected chi connectivity index (χ0v) is 37.9. The summed E-state index contributed by atoms with van der Waals surface area (Å²) in [6.45, 7) is 4.57. The normalized spacial score (nSPS) is 10.9. The molecule has 11 nitrogen and oxygen atoms in total. The van der Waals surface area contributed by atoms with Crippen molar-refractivity contribution in [1.29, 1.82) is 0 Å². The van der Waals surface area contributed by atoms with Crippen molar-refractivity contribution in [2.75, 3.05) is 24.9 Å². The molecule has 0 radical (unpaired) electrons. The van der Waals surface area contributed by atoms with Crippen molar-refractivity contribution in [2.45, 2.75) is 26.9 Å². The number of nitrogens with one attached hydrogen (secondary N) is 2. The van der Waals surface area contributed by atoms with E-state index in [-0.39, 0.29) is 0 Å². The second-order valence-electron chi connectivity index (χ2n) is 14.5. The zero-order valence-electron chi connectivity index (χ0n) is 34.8. The molecule has 8 rings (SSSR count). The summed E-state index contributed by atoms with van der Waals surface area (Å²) in [6.07, 6.45) is 3.08. The maximum absolute atomic E-state index is 13.3. The predicted octanol–water partition coefficient (Wildman–Crippen LogP) is 11.7. The molecule has 2 amide bonds. The zero-order chi connectivity index (χ0) is 45.7. The number of Topliss-reactive ketones (excluding diaryl/α,β-unsaturated/α-hetero) is 2. The van der Waals surface area contributed by atoms with E-state index in [9.17, 15) is 19.2 Å². The Kier molecular flexibility index (Phi) is 14.1. The summed E-state index contributed by atoms with van der Waals surface area (Å²) in [5.41, 5.74) is 6.42. The lowest BCUT2D eigenvalue weighted by Gasteiger charge is -2.11. The molecular weight excluding hydrogens is 896 g/mol. The Labute approximate surface area is 388 Å². The summed E-state index contributed by atoms with van der Waals surface area (Å²) in [4.78, 5) is 56.0. The van der Waals surface area contributed by atoms with E-state index in [0.29, 0.717) is 89.3 Å². The second kappa shape index (κ2) is 19.8. The van der Waals surface area contributed by atoms with Gasteiger partial charge in [-0.2, -0.15) is 0 Å². The van der Waals surface area contributed by atoms with Gasteiger partial charge in [0.05, 0.1) is 25.3 Å². The monoisotopic (exact) mass is 933 g/mol. The van der Waals surface area contributed by atoms with Crippen molar-refractivity contribution in [3.63, 3.8) is 0 Å². The highest BCUT2D eigenvalue weighted by Crippen LogP contribution is 2.34. The number of amides is 2. The lowest BCUT2D eigenvalue weighted by Crippen LogP contribution is -2.23. The van der Waals surface area contributed by atoms with Gasteiger partial charge in [0.1, 0.15) is 11.5 Å². The van der Waals surface area contributed by atoms with Crippen LogP contribution in [0.5, 0.6) is 11.5 Å². The van der Waals surface area contributed by atoms with Gasteiger partial charge < -0.3 is 29.2 Å². The predicted molar refractivity (Wildman–Crippen MR) is 254 cm³/mol. The molecule has 0 unspecified atom stereocenters. The topological polar surface area (TPSA) is 134 Å². The Balaban J connectivity index is 0.000000191. The molecule has 0 saturated carbocycles. The molecular formula is C49H39Cl4N5O6. The van der Waals surface area contributed by atoms with E-state index in [1.54, 1.807) is 74.9 Å². The molecule has 0 atom stereocenters. The molecule has 0 aliphatic carbocycles. The summed E-state index contributed by atoms with van der Waals surface area (Å²) in [5.74, 6) is -1.54. The first-order valence-electron chi connectivity index (χ1n) is 19.6. The number of pyridine rings is 1. The summed E-state index contributed by atoms with van der Waals surface area (Å²) in [5, 5.41) is 8.74. The highest BCUT2D eigenvalue weighted by molar-refractivity contribution is 6.49. The van der Waals surface area contributed by atoms with Gasteiger partial charge in [0.2, 0.25) is 0 Å². The van der Waals surface area contributed by atoms with Gasteiger partial charge in [-0.15, -0.1) is 0 Å². The first-order valence-corrected chi connectivity index (χ1v) is 21.2. The number of hydrogen-bond donors (Lipinski definition) is 2. The van der Waals surface area contributed by atoms with Crippen LogP contribution < -0.4 is 20.1 Å². The Morgan fingerprint density at radius 3 is 1.61 bits per heavy atom. The van der Waals surface area contributed by atoms with Crippen LogP contribution >= 0.6 is 46.4 Å². The lowest BCUT2D eigenvalue weighted by molar-refractivity contribution is -0.113. The van der Waals surface area contributed by atoms with Crippen molar-refractivity contribution in [3.8, 4) is 11.5 Å². The number of ether oxygens (including phenoxy) is 2. The number of methoxy groups -OCH3 is 2. The van der Waals surface area contributed by atoms with Gasteiger partial charge in [0.25, 0.3) is 23.4 Å². The van der Waals surface area contributed by atoms with Gasteiger partial charge in [-0.3, -0.25) is 24.2 Å². The number of benzene rings is 5. The summed E-state index contributed by atoms with van der Waals surface area (Å²) in [6, 6.07) is 33.6. The summed E-state index contributed by atoms with van der Waals surface area (Å²) in [7, 11) is 3.11. The van der Waals surface area contributed by atoms with Crippen molar-refractivity contribution in [1.82, 2.24) is 14.1 Å². The number of ketones is 2. The Morgan fingerprint density at radius 2 is 1.08 bits per heavy atom. The lowest BCUT2D eigenvalue weighted by atomic mass is 10.1. The fraction of sp³-hybridized carbons (Fsp3) is 0.122.